The molecule has 2 amide bonds. The number of β-lactam (4-membered cyclic amide) rings is 1. The number of hydrogen-bond acceptors (Lipinski definition) is 9. The number of nitrogens with two attached hydrogens (primary N) is 1. The van der Waals surface area contributed by atoms with Gasteiger partial charge in [-0.05, 0) is 23.6 Å². The van der Waals surface area contributed by atoms with Crippen molar-refractivity contribution in [3.8, 4) is 0 Å². The number of carboxylic acid groups (broad SMARTS) is 1. The summed E-state index contributed by atoms with van der Waals surface area (Å²) < 4.78 is 0.741. The molecule has 1 saturated heterocycles. The number of alkyl halides is 1. The molecule has 3 unspecified atom stereocenters. The number of rotatable bonds is 8. The van der Waals surface area contributed by atoms with Gasteiger partial charge in [-0.15, -0.1) is 33.6 Å². The second-order valence-corrected chi connectivity index (χ2v) is 11.2. The number of aliphatic carboxylic acids is 1. The number of nitrogens with zero attached hydrogens (tertiary/aromatic N) is 3. The lowest BCUT2D eigenvalue weighted by Crippen LogP contribution is -2.71. The van der Waals surface area contributed by atoms with Crippen LogP contribution < -0.4 is 11.1 Å². The second-order valence-electron chi connectivity index (χ2n) is 7.38. The Kier molecular flexibility index (Phi) is 7.29. The molecule has 1 aromatic carbocycles. The van der Waals surface area contributed by atoms with Crippen molar-refractivity contribution in [3.05, 3.63) is 51.7 Å². The number of fused-ring (bicyclic) bond motifs is 1. The first kappa shape index (κ1) is 24.0. The minimum atomic E-state index is -1.17. The van der Waals surface area contributed by atoms with Gasteiger partial charge in [-0.25, -0.2) is 4.79 Å². The van der Waals surface area contributed by atoms with Crippen LogP contribution in [0.3, 0.4) is 0 Å². The van der Waals surface area contributed by atoms with E-state index in [1.165, 1.54) is 39.8 Å². The fraction of sp³-hybridized carbons (Fsp3) is 0.350. The van der Waals surface area contributed by atoms with E-state index in [1.54, 1.807) is 24.3 Å². The first-order valence-corrected chi connectivity index (χ1v) is 13.2. The molecule has 13 heteroatoms. The molecule has 33 heavy (non-hydrogen) atoms. The number of nitrogens with one attached hydrogen (secondary N) is 1. The summed E-state index contributed by atoms with van der Waals surface area (Å²) in [6.07, 6.45) is 0. The van der Waals surface area contributed by atoms with Crippen molar-refractivity contribution in [3.63, 3.8) is 0 Å². The molecule has 1 aromatic heterocycles. The van der Waals surface area contributed by atoms with Gasteiger partial charge in [-0.3, -0.25) is 14.5 Å². The van der Waals surface area contributed by atoms with E-state index in [4.69, 9.17) is 17.3 Å². The van der Waals surface area contributed by atoms with E-state index < -0.39 is 35.2 Å². The normalized spacial score (nSPS) is 20.8. The number of carbonyl (C=O) groups excluding carboxylic acids is 2. The largest absolute Gasteiger partial charge is 0.477 e. The molecule has 0 spiro atoms. The molecule has 3 atom stereocenters. The Morgan fingerprint density at radius 2 is 2.09 bits per heavy atom. The lowest BCUT2D eigenvalue weighted by molar-refractivity contribution is -0.150. The summed E-state index contributed by atoms with van der Waals surface area (Å²) in [5.74, 6) is -0.955. The van der Waals surface area contributed by atoms with Gasteiger partial charge in [0.05, 0.1) is 0 Å². The summed E-state index contributed by atoms with van der Waals surface area (Å²) in [5.41, 5.74) is 8.18. The molecule has 4 N–H and O–H groups in total. The van der Waals surface area contributed by atoms with Gasteiger partial charge in [-0.1, -0.05) is 47.4 Å². The van der Waals surface area contributed by atoms with Crippen LogP contribution in [-0.2, 0) is 20.3 Å². The molecule has 0 radical (unpaired) electrons. The third-order valence-electron chi connectivity index (χ3n) is 5.20. The number of aryl methyl sites for hydroxylation is 1. The number of halogens is 1. The molecule has 2 aliphatic rings. The Bertz CT molecular complexity index is 1120. The Morgan fingerprint density at radius 3 is 2.70 bits per heavy atom. The van der Waals surface area contributed by atoms with E-state index in [-0.39, 0.29) is 5.70 Å². The van der Waals surface area contributed by atoms with Crippen LogP contribution in [0.25, 0.3) is 0 Å². The summed E-state index contributed by atoms with van der Waals surface area (Å²) in [7, 11) is 0. The van der Waals surface area contributed by atoms with Gasteiger partial charge in [0.15, 0.2) is 4.34 Å². The average Bonchev–Trinajstić information content (AvgIpc) is 3.24. The average molecular weight is 526 g/mol. The third kappa shape index (κ3) is 4.90. The Balaban J connectivity index is 1.43. The fourth-order valence-corrected chi connectivity index (χ4v) is 6.97. The highest BCUT2D eigenvalue weighted by Gasteiger charge is 2.54. The van der Waals surface area contributed by atoms with Crippen LogP contribution in [0.2, 0.25) is 0 Å². The quantitative estimate of drug-likeness (QED) is 0.268. The van der Waals surface area contributed by atoms with E-state index in [1.807, 2.05) is 6.92 Å². The molecule has 9 nitrogen and oxygen atoms in total. The monoisotopic (exact) mass is 525 g/mol. The van der Waals surface area contributed by atoms with Gasteiger partial charge in [0.25, 0.3) is 5.91 Å². The van der Waals surface area contributed by atoms with Gasteiger partial charge in [0.2, 0.25) is 5.91 Å². The molecule has 2 aromatic rings. The van der Waals surface area contributed by atoms with Crippen LogP contribution in [0.1, 0.15) is 22.2 Å². The Hall–Kier alpha value is -2.12. The van der Waals surface area contributed by atoms with Crippen LogP contribution in [0.5, 0.6) is 0 Å². The van der Waals surface area contributed by atoms with Gasteiger partial charge in [0.1, 0.15) is 28.2 Å². The third-order valence-corrected chi connectivity index (χ3v) is 8.91. The van der Waals surface area contributed by atoms with Crippen molar-refractivity contribution in [1.29, 1.82) is 0 Å². The first-order chi connectivity index (χ1) is 15.8. The van der Waals surface area contributed by atoms with Gasteiger partial charge >= 0.3 is 5.97 Å². The SMILES string of the molecule is Cc1nnc(SCC2=C(C(=O)O)N3C(=O)C(NC(=O)C(N)c4ccc(CCl)cc4)C3SC2)s1. The van der Waals surface area contributed by atoms with Crippen molar-refractivity contribution in [2.45, 2.75) is 34.6 Å². The summed E-state index contributed by atoms with van der Waals surface area (Å²) in [6.45, 7) is 1.85. The molecule has 0 bridgehead atoms. The van der Waals surface area contributed by atoms with Crippen LogP contribution >= 0.6 is 46.5 Å². The lowest BCUT2D eigenvalue weighted by atomic mass is 10.0. The second kappa shape index (κ2) is 10.0. The molecule has 2 aliphatic heterocycles. The maximum Gasteiger partial charge on any atom is 0.352 e. The van der Waals surface area contributed by atoms with E-state index >= 15 is 0 Å². The number of carboxylic acids is 1. The van der Waals surface area contributed by atoms with E-state index in [0.717, 1.165) is 14.9 Å². The van der Waals surface area contributed by atoms with Crippen LogP contribution in [-0.4, -0.2) is 60.9 Å². The number of hydrogen-bond donors (Lipinski definition) is 3. The van der Waals surface area contributed by atoms with Crippen molar-refractivity contribution in [2.75, 3.05) is 11.5 Å². The summed E-state index contributed by atoms with van der Waals surface area (Å²) in [4.78, 5) is 38.7. The molecule has 3 heterocycles. The van der Waals surface area contributed by atoms with Crippen molar-refractivity contribution >= 4 is 64.2 Å². The molecular formula is C20H20ClN5O4S3. The minimum absolute atomic E-state index is 0.0241. The Morgan fingerprint density at radius 1 is 1.36 bits per heavy atom. The maximum atomic E-state index is 12.8. The molecule has 0 saturated carbocycles. The van der Waals surface area contributed by atoms with Crippen molar-refractivity contribution in [2.24, 2.45) is 5.73 Å². The predicted molar refractivity (Wildman–Crippen MR) is 128 cm³/mol. The number of aromatic nitrogens is 2. The highest BCUT2D eigenvalue weighted by Crippen LogP contribution is 2.41. The standard InChI is InChI=1S/C20H20ClN5O4S3/c1-9-24-25-20(33-9)32-8-12-7-31-18-14(17(28)26(18)15(12)19(29)30)23-16(27)13(22)11-4-2-10(6-21)3-5-11/h2-5,13-14,18H,6-8,22H2,1H3,(H,23,27)(H,29,30). The highest BCUT2D eigenvalue weighted by molar-refractivity contribution is 8.01. The number of thioether (sulfide) groups is 2. The van der Waals surface area contributed by atoms with Crippen LogP contribution in [0, 0.1) is 6.92 Å². The minimum Gasteiger partial charge on any atom is -0.477 e. The van der Waals surface area contributed by atoms with E-state index in [9.17, 15) is 19.5 Å². The van der Waals surface area contributed by atoms with Crippen molar-refractivity contribution in [1.82, 2.24) is 20.4 Å². The fourth-order valence-electron chi connectivity index (χ4n) is 3.49. The van der Waals surface area contributed by atoms with Gasteiger partial charge < -0.3 is 16.2 Å². The van der Waals surface area contributed by atoms with E-state index in [2.05, 4.69) is 15.5 Å². The maximum absolute atomic E-state index is 12.8. The Labute approximate surface area is 207 Å². The summed E-state index contributed by atoms with van der Waals surface area (Å²) in [6, 6.07) is 5.23. The van der Waals surface area contributed by atoms with Gasteiger partial charge in [0, 0.05) is 17.4 Å². The molecule has 4 rings (SSSR count). The molecule has 1 fully saturated rings. The molecular weight excluding hydrogens is 506 g/mol. The number of carbonyl (C=O) groups is 3. The molecule has 0 aliphatic carbocycles. The molecule has 174 valence electrons. The van der Waals surface area contributed by atoms with Crippen LogP contribution in [0.4, 0.5) is 0 Å². The summed E-state index contributed by atoms with van der Waals surface area (Å²) in [5, 5.41) is 20.8. The zero-order chi connectivity index (χ0) is 23.7. The highest BCUT2D eigenvalue weighted by atomic mass is 35.5. The smallest absolute Gasteiger partial charge is 0.352 e. The predicted octanol–water partition coefficient (Wildman–Crippen LogP) is 2.12. The number of benzene rings is 1. The zero-order valence-electron chi connectivity index (χ0n) is 17.4. The number of amides is 2. The zero-order valence-corrected chi connectivity index (χ0v) is 20.6. The van der Waals surface area contributed by atoms with Gasteiger partial charge in [-0.2, -0.15) is 0 Å². The first-order valence-electron chi connectivity index (χ1n) is 9.83. The lowest BCUT2D eigenvalue weighted by Gasteiger charge is -2.49. The summed E-state index contributed by atoms with van der Waals surface area (Å²) >= 11 is 10.0. The van der Waals surface area contributed by atoms with Crippen LogP contribution in [0.15, 0.2) is 39.9 Å². The topological polar surface area (TPSA) is 139 Å². The van der Waals surface area contributed by atoms with Crippen molar-refractivity contribution < 1.29 is 19.5 Å². The van der Waals surface area contributed by atoms with E-state index in [0.29, 0.717) is 28.5 Å².